The molecule has 1 aliphatic rings. The van der Waals surface area contributed by atoms with Gasteiger partial charge in [0.25, 0.3) is 0 Å². The van der Waals surface area contributed by atoms with Crippen LogP contribution in [0.25, 0.3) is 0 Å². The summed E-state index contributed by atoms with van der Waals surface area (Å²) in [6, 6.07) is 12.6. The Morgan fingerprint density at radius 3 is 2.80 bits per heavy atom. The number of aromatic hydroxyl groups is 1. The summed E-state index contributed by atoms with van der Waals surface area (Å²) in [5.74, 6) is 1.08. The summed E-state index contributed by atoms with van der Waals surface area (Å²) >= 11 is 1.59. The van der Waals surface area contributed by atoms with Gasteiger partial charge in [0.05, 0.1) is 0 Å². The lowest BCUT2D eigenvalue weighted by molar-refractivity contribution is 0.473. The minimum Gasteiger partial charge on any atom is -0.508 e. The maximum absolute atomic E-state index is 13.8. The zero-order chi connectivity index (χ0) is 13.9. The molecule has 4 heteroatoms. The van der Waals surface area contributed by atoms with Gasteiger partial charge in [-0.1, -0.05) is 24.3 Å². The van der Waals surface area contributed by atoms with Crippen molar-refractivity contribution in [3.8, 4) is 5.75 Å². The molecule has 104 valence electrons. The third-order valence-corrected chi connectivity index (χ3v) is 4.67. The van der Waals surface area contributed by atoms with Gasteiger partial charge in [0, 0.05) is 17.5 Å². The molecule has 0 fully saturated rings. The molecule has 2 nitrogen and oxygen atoms in total. The first-order valence-corrected chi connectivity index (χ1v) is 7.65. The highest BCUT2D eigenvalue weighted by atomic mass is 32.2. The van der Waals surface area contributed by atoms with E-state index in [0.717, 1.165) is 28.2 Å². The summed E-state index contributed by atoms with van der Waals surface area (Å²) in [7, 11) is 0. The van der Waals surface area contributed by atoms with Gasteiger partial charge in [-0.2, -0.15) is 0 Å². The number of nitrogens with one attached hydrogen (secondary N) is 1. The summed E-state index contributed by atoms with van der Waals surface area (Å²) in [5, 5.41) is 12.7. The Bertz CT molecular complexity index is 600. The molecule has 0 radical (unpaired) electrons. The number of hydrogen-bond acceptors (Lipinski definition) is 3. The number of rotatable bonds is 3. The summed E-state index contributed by atoms with van der Waals surface area (Å²) in [6.07, 6.45) is 0.999. The van der Waals surface area contributed by atoms with Gasteiger partial charge >= 0.3 is 0 Å². The molecular weight excluding hydrogens is 273 g/mol. The number of fused-ring (bicyclic) bond motifs is 1. The van der Waals surface area contributed by atoms with Gasteiger partial charge in [0.1, 0.15) is 11.6 Å². The van der Waals surface area contributed by atoms with Crippen molar-refractivity contribution >= 4 is 11.8 Å². The average molecular weight is 289 g/mol. The van der Waals surface area contributed by atoms with E-state index in [1.807, 2.05) is 18.2 Å². The average Bonchev–Trinajstić information content (AvgIpc) is 2.47. The van der Waals surface area contributed by atoms with Gasteiger partial charge in [0.15, 0.2) is 0 Å². The largest absolute Gasteiger partial charge is 0.508 e. The molecule has 0 aromatic heterocycles. The standard InChI is InChI=1S/C16H16FNOS/c17-14-3-1-2-13-15(8-9-20-16(13)14)18-10-11-4-6-12(19)7-5-11/h1-7,15,18-19H,8-10H2. The highest BCUT2D eigenvalue weighted by Crippen LogP contribution is 2.37. The van der Waals surface area contributed by atoms with Crippen LogP contribution < -0.4 is 5.32 Å². The van der Waals surface area contributed by atoms with Crippen LogP contribution in [0.4, 0.5) is 4.39 Å². The SMILES string of the molecule is Oc1ccc(CNC2CCSc3c(F)cccc32)cc1. The summed E-state index contributed by atoms with van der Waals surface area (Å²) in [6.45, 7) is 0.714. The third-order valence-electron chi connectivity index (χ3n) is 3.51. The molecule has 20 heavy (non-hydrogen) atoms. The molecule has 1 atom stereocenters. The van der Waals surface area contributed by atoms with Crippen molar-refractivity contribution in [2.45, 2.75) is 23.9 Å². The van der Waals surface area contributed by atoms with Gasteiger partial charge < -0.3 is 10.4 Å². The van der Waals surface area contributed by atoms with Crippen molar-refractivity contribution in [1.29, 1.82) is 0 Å². The van der Waals surface area contributed by atoms with E-state index in [2.05, 4.69) is 5.32 Å². The highest BCUT2D eigenvalue weighted by molar-refractivity contribution is 7.99. The molecule has 1 aliphatic heterocycles. The molecule has 0 saturated heterocycles. The maximum Gasteiger partial charge on any atom is 0.137 e. The van der Waals surface area contributed by atoms with E-state index in [1.165, 1.54) is 6.07 Å². The van der Waals surface area contributed by atoms with E-state index in [0.29, 0.717) is 6.54 Å². The molecule has 0 saturated carbocycles. The number of thioether (sulfide) groups is 1. The molecule has 3 rings (SSSR count). The monoisotopic (exact) mass is 289 g/mol. The lowest BCUT2D eigenvalue weighted by Gasteiger charge is -2.26. The summed E-state index contributed by atoms with van der Waals surface area (Å²) in [5.41, 5.74) is 2.17. The fourth-order valence-electron chi connectivity index (χ4n) is 2.45. The quantitative estimate of drug-likeness (QED) is 0.900. The fourth-order valence-corrected chi connectivity index (χ4v) is 3.59. The molecule has 1 heterocycles. The lowest BCUT2D eigenvalue weighted by atomic mass is 10.0. The summed E-state index contributed by atoms with van der Waals surface area (Å²) < 4.78 is 13.8. The second-order valence-corrected chi connectivity index (χ2v) is 6.00. The van der Waals surface area contributed by atoms with Crippen LogP contribution in [0.3, 0.4) is 0 Å². The second kappa shape index (κ2) is 5.85. The third kappa shape index (κ3) is 2.81. The Morgan fingerprint density at radius 2 is 2.00 bits per heavy atom. The molecule has 2 aromatic rings. The number of halogens is 1. The van der Waals surface area contributed by atoms with Crippen LogP contribution in [0.1, 0.15) is 23.6 Å². The zero-order valence-corrected chi connectivity index (χ0v) is 11.8. The number of phenolic OH excluding ortho intramolecular Hbond substituents is 1. The number of benzene rings is 2. The summed E-state index contributed by atoms with van der Waals surface area (Å²) in [4.78, 5) is 0.780. The molecule has 2 aromatic carbocycles. The van der Waals surface area contributed by atoms with Gasteiger partial charge in [-0.15, -0.1) is 11.8 Å². The smallest absolute Gasteiger partial charge is 0.137 e. The topological polar surface area (TPSA) is 32.3 Å². The van der Waals surface area contributed by atoms with Gasteiger partial charge in [-0.25, -0.2) is 4.39 Å². The van der Waals surface area contributed by atoms with Crippen LogP contribution in [0.15, 0.2) is 47.4 Å². The van der Waals surface area contributed by atoms with Gasteiger partial charge in [-0.3, -0.25) is 0 Å². The van der Waals surface area contributed by atoms with Crippen LogP contribution in [0.5, 0.6) is 5.75 Å². The minimum absolute atomic E-state index is 0.122. The van der Waals surface area contributed by atoms with Crippen LogP contribution in [-0.4, -0.2) is 10.9 Å². The Hall–Kier alpha value is -1.52. The minimum atomic E-state index is -0.122. The van der Waals surface area contributed by atoms with Crippen LogP contribution >= 0.6 is 11.8 Å². The molecule has 1 unspecified atom stereocenters. The molecular formula is C16H16FNOS. The molecule has 0 spiro atoms. The van der Waals surface area contributed by atoms with E-state index < -0.39 is 0 Å². The van der Waals surface area contributed by atoms with Crippen LogP contribution in [-0.2, 0) is 6.54 Å². The normalized spacial score (nSPS) is 17.8. The first-order chi connectivity index (χ1) is 9.74. The second-order valence-electron chi connectivity index (χ2n) is 4.90. The van der Waals surface area contributed by atoms with Gasteiger partial charge in [0.2, 0.25) is 0 Å². The van der Waals surface area contributed by atoms with Crippen molar-refractivity contribution < 1.29 is 9.50 Å². The van der Waals surface area contributed by atoms with Gasteiger partial charge in [-0.05, 0) is 41.5 Å². The number of hydrogen-bond donors (Lipinski definition) is 2. The van der Waals surface area contributed by atoms with E-state index in [9.17, 15) is 9.50 Å². The Morgan fingerprint density at radius 1 is 1.20 bits per heavy atom. The van der Waals surface area contributed by atoms with Crippen molar-refractivity contribution in [2.75, 3.05) is 5.75 Å². The maximum atomic E-state index is 13.8. The lowest BCUT2D eigenvalue weighted by Crippen LogP contribution is -2.24. The van der Waals surface area contributed by atoms with E-state index in [4.69, 9.17) is 0 Å². The highest BCUT2D eigenvalue weighted by Gasteiger charge is 2.22. The zero-order valence-electron chi connectivity index (χ0n) is 11.0. The van der Waals surface area contributed by atoms with Crippen molar-refractivity contribution in [3.05, 3.63) is 59.4 Å². The predicted octanol–water partition coefficient (Wildman–Crippen LogP) is 3.86. The van der Waals surface area contributed by atoms with Crippen LogP contribution in [0.2, 0.25) is 0 Å². The van der Waals surface area contributed by atoms with E-state index in [-0.39, 0.29) is 17.6 Å². The Labute approximate surface area is 122 Å². The molecule has 2 N–H and O–H groups in total. The Kier molecular flexibility index (Phi) is 3.94. The van der Waals surface area contributed by atoms with Crippen molar-refractivity contribution in [3.63, 3.8) is 0 Å². The van der Waals surface area contributed by atoms with E-state index >= 15 is 0 Å². The number of phenols is 1. The molecule has 0 bridgehead atoms. The Balaban J connectivity index is 1.73. The molecule has 0 aliphatic carbocycles. The van der Waals surface area contributed by atoms with E-state index in [1.54, 1.807) is 30.0 Å². The van der Waals surface area contributed by atoms with Crippen molar-refractivity contribution in [2.24, 2.45) is 0 Å². The first kappa shape index (κ1) is 13.5. The van der Waals surface area contributed by atoms with Crippen molar-refractivity contribution in [1.82, 2.24) is 5.32 Å². The fraction of sp³-hybridized carbons (Fsp3) is 0.250. The first-order valence-electron chi connectivity index (χ1n) is 6.66. The molecule has 0 amide bonds. The predicted molar refractivity (Wildman–Crippen MR) is 79.4 cm³/mol. The van der Waals surface area contributed by atoms with Crippen LogP contribution in [0, 0.1) is 5.82 Å².